The van der Waals surface area contributed by atoms with Gasteiger partial charge in [0, 0.05) is 24.7 Å². The summed E-state index contributed by atoms with van der Waals surface area (Å²) in [5, 5.41) is 3.28. The van der Waals surface area contributed by atoms with Gasteiger partial charge in [-0.25, -0.2) is 0 Å². The molecule has 1 aliphatic carbocycles. The second-order valence-electron chi connectivity index (χ2n) is 9.50. The summed E-state index contributed by atoms with van der Waals surface area (Å²) in [7, 11) is 0. The normalized spacial score (nSPS) is 21.7. The highest BCUT2D eigenvalue weighted by Crippen LogP contribution is 2.34. The van der Waals surface area contributed by atoms with Crippen molar-refractivity contribution in [2.24, 2.45) is 0 Å². The highest BCUT2D eigenvalue weighted by molar-refractivity contribution is 6.03. The van der Waals surface area contributed by atoms with Gasteiger partial charge in [0.2, 0.25) is 5.91 Å². The summed E-state index contributed by atoms with van der Waals surface area (Å²) in [4.78, 5) is 29.1. The maximum Gasteiger partial charge on any atom is 0.271 e. The monoisotopic (exact) mass is 433 g/mol. The van der Waals surface area contributed by atoms with Gasteiger partial charge in [0.25, 0.3) is 5.91 Å². The fraction of sp³-hybridized carbons (Fsp3) is 0.462. The lowest BCUT2D eigenvalue weighted by atomic mass is 9.91. The zero-order valence-electron chi connectivity index (χ0n) is 18.9. The highest BCUT2D eigenvalue weighted by atomic mass is 16.3. The SMILES string of the molecule is Cc1cc2c(cc3n2C[C@](C)(C(=O)NC2CCCCC2)N(CCc2ccccc2)C3=O)o1. The molecule has 1 aliphatic heterocycles. The number of hydrogen-bond donors (Lipinski definition) is 1. The van der Waals surface area contributed by atoms with Crippen molar-refractivity contribution in [1.82, 2.24) is 14.8 Å². The molecular formula is C26H31N3O3. The molecule has 1 fully saturated rings. The first-order chi connectivity index (χ1) is 15.5. The number of furan rings is 1. The van der Waals surface area contributed by atoms with E-state index >= 15 is 0 Å². The van der Waals surface area contributed by atoms with E-state index < -0.39 is 5.54 Å². The Bertz CT molecular complexity index is 1140. The fourth-order valence-corrected chi connectivity index (χ4v) is 5.28. The van der Waals surface area contributed by atoms with Crippen molar-refractivity contribution in [1.29, 1.82) is 0 Å². The average Bonchev–Trinajstić information content (AvgIpc) is 3.31. The number of aryl methyl sites for hydroxylation is 1. The number of amides is 2. The third kappa shape index (κ3) is 3.61. The van der Waals surface area contributed by atoms with Gasteiger partial charge in [-0.1, -0.05) is 49.6 Å². The van der Waals surface area contributed by atoms with Gasteiger partial charge in [0.15, 0.2) is 5.58 Å². The number of hydrogen-bond acceptors (Lipinski definition) is 3. The molecule has 3 aromatic rings. The molecule has 2 aromatic heterocycles. The second-order valence-corrected chi connectivity index (χ2v) is 9.50. The van der Waals surface area contributed by atoms with Crippen LogP contribution >= 0.6 is 0 Å². The molecule has 2 aliphatic rings. The standard InChI is InChI=1S/C26H31N3O3/c1-18-15-21-23(32-18)16-22-24(30)29(14-13-19-9-5-3-6-10-19)26(2,17-28(21)22)25(31)27-20-11-7-4-8-12-20/h3,5-6,9-10,15-16,20H,4,7-8,11-14,17H2,1-2H3,(H,27,31)/t26-/m1/s1. The van der Waals surface area contributed by atoms with Crippen molar-refractivity contribution in [3.63, 3.8) is 0 Å². The first-order valence-corrected chi connectivity index (χ1v) is 11.7. The lowest BCUT2D eigenvalue weighted by Crippen LogP contribution is -2.65. The minimum Gasteiger partial charge on any atom is -0.460 e. The lowest BCUT2D eigenvalue weighted by molar-refractivity contribution is -0.133. The summed E-state index contributed by atoms with van der Waals surface area (Å²) in [6, 6.07) is 14.1. The molecule has 0 saturated heterocycles. The largest absolute Gasteiger partial charge is 0.460 e. The predicted molar refractivity (Wildman–Crippen MR) is 124 cm³/mol. The van der Waals surface area contributed by atoms with Crippen LogP contribution in [0, 0.1) is 6.92 Å². The molecular weight excluding hydrogens is 402 g/mol. The van der Waals surface area contributed by atoms with Gasteiger partial charge < -0.3 is 19.2 Å². The van der Waals surface area contributed by atoms with Crippen LogP contribution in [-0.4, -0.2) is 39.4 Å². The molecule has 168 valence electrons. The van der Waals surface area contributed by atoms with Crippen LogP contribution in [0.2, 0.25) is 0 Å². The van der Waals surface area contributed by atoms with E-state index in [0.29, 0.717) is 30.8 Å². The number of fused-ring (bicyclic) bond motifs is 3. The Morgan fingerprint density at radius 2 is 1.91 bits per heavy atom. The van der Waals surface area contributed by atoms with E-state index in [1.165, 1.54) is 6.42 Å². The van der Waals surface area contributed by atoms with Crippen LogP contribution in [0.1, 0.15) is 60.8 Å². The molecule has 1 atom stereocenters. The molecule has 6 nitrogen and oxygen atoms in total. The molecule has 0 spiro atoms. The minimum atomic E-state index is -0.965. The van der Waals surface area contributed by atoms with Crippen LogP contribution < -0.4 is 5.32 Å². The van der Waals surface area contributed by atoms with Gasteiger partial charge in [-0.15, -0.1) is 0 Å². The molecule has 0 bridgehead atoms. The molecule has 6 heteroatoms. The van der Waals surface area contributed by atoms with Crippen molar-refractivity contribution in [2.75, 3.05) is 6.54 Å². The molecule has 32 heavy (non-hydrogen) atoms. The lowest BCUT2D eigenvalue weighted by Gasteiger charge is -2.45. The molecule has 0 radical (unpaired) electrons. The van der Waals surface area contributed by atoms with E-state index in [2.05, 4.69) is 17.4 Å². The van der Waals surface area contributed by atoms with Crippen molar-refractivity contribution < 1.29 is 14.0 Å². The number of aromatic nitrogens is 1. The molecule has 5 rings (SSSR count). The maximum atomic E-state index is 13.7. The van der Waals surface area contributed by atoms with E-state index in [9.17, 15) is 9.59 Å². The van der Waals surface area contributed by atoms with Crippen LogP contribution in [0.15, 0.2) is 46.9 Å². The van der Waals surface area contributed by atoms with E-state index in [0.717, 1.165) is 42.5 Å². The third-order valence-corrected chi connectivity index (χ3v) is 7.14. The molecule has 2 amide bonds. The minimum absolute atomic E-state index is 0.0569. The smallest absolute Gasteiger partial charge is 0.271 e. The van der Waals surface area contributed by atoms with E-state index in [-0.39, 0.29) is 17.9 Å². The number of nitrogens with one attached hydrogen (secondary N) is 1. The zero-order valence-corrected chi connectivity index (χ0v) is 18.9. The van der Waals surface area contributed by atoms with E-state index in [1.54, 1.807) is 4.90 Å². The van der Waals surface area contributed by atoms with Crippen LogP contribution in [0.5, 0.6) is 0 Å². The van der Waals surface area contributed by atoms with Gasteiger partial charge in [-0.2, -0.15) is 0 Å². The van der Waals surface area contributed by atoms with Crippen molar-refractivity contribution in [3.8, 4) is 0 Å². The van der Waals surface area contributed by atoms with E-state index in [1.807, 2.05) is 48.7 Å². The summed E-state index contributed by atoms with van der Waals surface area (Å²) in [5.41, 5.74) is 2.36. The fourth-order valence-electron chi connectivity index (χ4n) is 5.28. The Morgan fingerprint density at radius 1 is 1.16 bits per heavy atom. The van der Waals surface area contributed by atoms with Gasteiger partial charge in [0.05, 0.1) is 12.1 Å². The quantitative estimate of drug-likeness (QED) is 0.646. The van der Waals surface area contributed by atoms with Gasteiger partial charge in [-0.3, -0.25) is 9.59 Å². The van der Waals surface area contributed by atoms with Crippen LogP contribution in [0.25, 0.3) is 11.1 Å². The Labute approximate surface area is 188 Å². The molecule has 3 heterocycles. The molecule has 1 aromatic carbocycles. The summed E-state index contributed by atoms with van der Waals surface area (Å²) in [5.74, 6) is 0.633. The summed E-state index contributed by atoms with van der Waals surface area (Å²) >= 11 is 0. The van der Waals surface area contributed by atoms with Crippen molar-refractivity contribution in [2.45, 2.75) is 70.5 Å². The molecule has 0 unspecified atom stereocenters. The number of benzene rings is 1. The predicted octanol–water partition coefficient (Wildman–Crippen LogP) is 4.45. The molecule has 1 saturated carbocycles. The van der Waals surface area contributed by atoms with Crippen LogP contribution in [0.4, 0.5) is 0 Å². The Hall–Kier alpha value is -3.02. The summed E-state index contributed by atoms with van der Waals surface area (Å²) in [6.45, 7) is 4.72. The Morgan fingerprint density at radius 3 is 2.66 bits per heavy atom. The topological polar surface area (TPSA) is 67.5 Å². The van der Waals surface area contributed by atoms with Crippen molar-refractivity contribution in [3.05, 3.63) is 59.5 Å². The van der Waals surface area contributed by atoms with Crippen LogP contribution in [0.3, 0.4) is 0 Å². The second kappa shape index (κ2) is 8.15. The highest BCUT2D eigenvalue weighted by Gasteiger charge is 2.48. The maximum absolute atomic E-state index is 13.7. The Balaban J connectivity index is 1.49. The molecule has 1 N–H and O–H groups in total. The van der Waals surface area contributed by atoms with E-state index in [4.69, 9.17) is 4.42 Å². The van der Waals surface area contributed by atoms with Gasteiger partial charge in [-0.05, 0) is 38.7 Å². The number of nitrogens with zero attached hydrogens (tertiary/aromatic N) is 2. The number of carbonyl (C=O) groups is 2. The number of rotatable bonds is 5. The van der Waals surface area contributed by atoms with Crippen molar-refractivity contribution >= 4 is 22.9 Å². The average molecular weight is 434 g/mol. The Kier molecular flexibility index (Phi) is 5.31. The van der Waals surface area contributed by atoms with Gasteiger partial charge >= 0.3 is 0 Å². The summed E-state index contributed by atoms with van der Waals surface area (Å²) < 4.78 is 7.76. The first kappa shape index (κ1) is 20.9. The summed E-state index contributed by atoms with van der Waals surface area (Å²) in [6.07, 6.45) is 6.26. The van der Waals surface area contributed by atoms with Gasteiger partial charge in [0.1, 0.15) is 17.0 Å². The zero-order chi connectivity index (χ0) is 22.3. The number of carbonyl (C=O) groups excluding carboxylic acids is 2. The van der Waals surface area contributed by atoms with Crippen LogP contribution in [-0.2, 0) is 17.8 Å². The third-order valence-electron chi connectivity index (χ3n) is 7.14. The first-order valence-electron chi connectivity index (χ1n) is 11.7.